The van der Waals surface area contributed by atoms with Crippen molar-refractivity contribution in [3.63, 3.8) is 0 Å². The molecule has 2 rings (SSSR count). The van der Waals surface area contributed by atoms with Gasteiger partial charge in [0.15, 0.2) is 0 Å². The molecule has 4 nitrogen and oxygen atoms in total. The van der Waals surface area contributed by atoms with E-state index in [0.29, 0.717) is 28.1 Å². The lowest BCUT2D eigenvalue weighted by atomic mass is 10.0. The molecule has 0 saturated carbocycles. The van der Waals surface area contributed by atoms with Crippen molar-refractivity contribution in [3.8, 4) is 5.75 Å². The second kappa shape index (κ2) is 8.57. The fraction of sp³-hybridized carbons (Fsp3) is 0.462. The Hall–Kier alpha value is -0.680. The molecule has 2 N–H and O–H groups in total. The van der Waals surface area contributed by atoms with E-state index in [-0.39, 0.29) is 24.9 Å². The van der Waals surface area contributed by atoms with E-state index in [9.17, 15) is 4.79 Å². The van der Waals surface area contributed by atoms with Crippen LogP contribution >= 0.6 is 35.6 Å². The van der Waals surface area contributed by atoms with Gasteiger partial charge in [0, 0.05) is 25.6 Å². The molecule has 1 heterocycles. The van der Waals surface area contributed by atoms with Crippen molar-refractivity contribution in [2.45, 2.75) is 6.42 Å². The zero-order valence-corrected chi connectivity index (χ0v) is 13.2. The van der Waals surface area contributed by atoms with Gasteiger partial charge in [-0.1, -0.05) is 29.3 Å². The topological polar surface area (TPSA) is 50.4 Å². The molecule has 1 saturated heterocycles. The van der Waals surface area contributed by atoms with Gasteiger partial charge in [-0.15, -0.1) is 12.4 Å². The van der Waals surface area contributed by atoms with Gasteiger partial charge in [0.05, 0.1) is 18.1 Å². The van der Waals surface area contributed by atoms with Gasteiger partial charge in [-0.05, 0) is 12.1 Å². The molecule has 7 heteroatoms. The highest BCUT2D eigenvalue weighted by Gasteiger charge is 2.17. The number of halogens is 3. The van der Waals surface area contributed by atoms with Crippen LogP contribution in [0.5, 0.6) is 5.75 Å². The van der Waals surface area contributed by atoms with E-state index in [1.807, 2.05) is 0 Å². The summed E-state index contributed by atoms with van der Waals surface area (Å²) in [5, 5.41) is 6.86. The first-order valence-corrected chi connectivity index (χ1v) is 6.96. The molecule has 1 amide bonds. The van der Waals surface area contributed by atoms with Crippen LogP contribution in [0.3, 0.4) is 0 Å². The molecule has 0 aromatic heterocycles. The summed E-state index contributed by atoms with van der Waals surface area (Å²) in [5.74, 6) is 1.06. The Morgan fingerprint density at radius 2 is 2.15 bits per heavy atom. The van der Waals surface area contributed by atoms with Crippen molar-refractivity contribution >= 4 is 41.5 Å². The molecule has 0 atom stereocenters. The normalized spacial score (nSPS) is 14.1. The lowest BCUT2D eigenvalue weighted by molar-refractivity contribution is -0.121. The van der Waals surface area contributed by atoms with E-state index in [1.165, 1.54) is 0 Å². The molecule has 112 valence electrons. The molecule has 0 bridgehead atoms. The molecule has 1 aromatic carbocycles. The first kappa shape index (κ1) is 17.4. The summed E-state index contributed by atoms with van der Waals surface area (Å²) in [6.45, 7) is 2.97. The van der Waals surface area contributed by atoms with Crippen molar-refractivity contribution in [2.75, 3.05) is 26.2 Å². The summed E-state index contributed by atoms with van der Waals surface area (Å²) >= 11 is 11.8. The smallest absolute Gasteiger partial charge is 0.223 e. The number of benzene rings is 1. The molecular formula is C13H17Cl3N2O2. The Labute approximate surface area is 134 Å². The summed E-state index contributed by atoms with van der Waals surface area (Å²) in [4.78, 5) is 11.6. The average Bonchev–Trinajstić information content (AvgIpc) is 2.32. The average molecular weight is 340 g/mol. The maximum atomic E-state index is 11.6. The Morgan fingerprint density at radius 3 is 2.80 bits per heavy atom. The molecule has 0 radical (unpaired) electrons. The van der Waals surface area contributed by atoms with Gasteiger partial charge in [-0.3, -0.25) is 4.79 Å². The van der Waals surface area contributed by atoms with Gasteiger partial charge in [-0.2, -0.15) is 0 Å². The molecule has 1 fully saturated rings. The third-order valence-corrected chi connectivity index (χ3v) is 3.76. The maximum Gasteiger partial charge on any atom is 0.223 e. The highest BCUT2D eigenvalue weighted by molar-refractivity contribution is 6.42. The largest absolute Gasteiger partial charge is 0.491 e. The van der Waals surface area contributed by atoms with Crippen molar-refractivity contribution in [1.29, 1.82) is 0 Å². The predicted octanol–water partition coefficient (Wildman–Crippen LogP) is 2.52. The van der Waals surface area contributed by atoms with Crippen molar-refractivity contribution in [1.82, 2.24) is 10.6 Å². The van der Waals surface area contributed by atoms with E-state index < -0.39 is 0 Å². The number of carbonyl (C=O) groups is 1. The number of hydrogen-bond donors (Lipinski definition) is 2. The summed E-state index contributed by atoms with van der Waals surface area (Å²) in [6.07, 6.45) is 0.309. The highest BCUT2D eigenvalue weighted by Crippen LogP contribution is 2.31. The maximum absolute atomic E-state index is 11.6. The third-order valence-electron chi connectivity index (χ3n) is 2.96. The van der Waals surface area contributed by atoms with Crippen LogP contribution in [0.4, 0.5) is 0 Å². The van der Waals surface area contributed by atoms with Gasteiger partial charge in [0.1, 0.15) is 10.8 Å². The van der Waals surface area contributed by atoms with Crippen LogP contribution < -0.4 is 15.4 Å². The van der Waals surface area contributed by atoms with Crippen LogP contribution in [0.2, 0.25) is 10.0 Å². The lowest BCUT2D eigenvalue weighted by Crippen LogP contribution is -2.48. The molecule has 1 aliphatic rings. The Morgan fingerprint density at radius 1 is 1.40 bits per heavy atom. The van der Waals surface area contributed by atoms with Crippen LogP contribution in [0.15, 0.2) is 18.2 Å². The van der Waals surface area contributed by atoms with Crippen molar-refractivity contribution < 1.29 is 9.53 Å². The molecule has 0 unspecified atom stereocenters. The number of amides is 1. The quantitative estimate of drug-likeness (QED) is 0.837. The first-order valence-electron chi connectivity index (χ1n) is 6.21. The molecule has 1 aliphatic heterocycles. The monoisotopic (exact) mass is 338 g/mol. The molecule has 0 spiro atoms. The number of nitrogens with one attached hydrogen (secondary N) is 2. The summed E-state index contributed by atoms with van der Waals surface area (Å²) in [5.41, 5.74) is 0. The van der Waals surface area contributed by atoms with Crippen molar-refractivity contribution in [2.24, 2.45) is 5.92 Å². The minimum absolute atomic E-state index is 0. The van der Waals surface area contributed by atoms with E-state index >= 15 is 0 Å². The Kier molecular flexibility index (Phi) is 7.45. The van der Waals surface area contributed by atoms with Crippen LogP contribution in [-0.4, -0.2) is 32.1 Å². The van der Waals surface area contributed by atoms with Crippen molar-refractivity contribution in [3.05, 3.63) is 28.2 Å². The van der Waals surface area contributed by atoms with Gasteiger partial charge in [-0.25, -0.2) is 0 Å². The zero-order chi connectivity index (χ0) is 13.7. The van der Waals surface area contributed by atoms with Gasteiger partial charge in [0.2, 0.25) is 5.91 Å². The fourth-order valence-corrected chi connectivity index (χ4v) is 2.03. The van der Waals surface area contributed by atoms with Crippen LogP contribution in [-0.2, 0) is 4.79 Å². The SMILES string of the molecule is Cl.O=C(CCOc1cccc(Cl)c1Cl)NCC1CNC1. The summed E-state index contributed by atoms with van der Waals surface area (Å²) in [7, 11) is 0. The molecular weight excluding hydrogens is 323 g/mol. The number of ether oxygens (including phenoxy) is 1. The van der Waals surface area contributed by atoms with E-state index in [0.717, 1.165) is 19.6 Å². The van der Waals surface area contributed by atoms with E-state index in [2.05, 4.69) is 10.6 Å². The Balaban J connectivity index is 0.00000200. The standard InChI is InChI=1S/C13H16Cl2N2O2.ClH/c14-10-2-1-3-11(13(10)15)19-5-4-12(18)17-8-9-6-16-7-9;/h1-3,9,16H,4-8H2,(H,17,18);1H. The Bertz CT molecular complexity index is 453. The predicted molar refractivity (Wildman–Crippen MR) is 83.2 cm³/mol. The second-order valence-corrected chi connectivity index (χ2v) is 5.26. The van der Waals surface area contributed by atoms with E-state index in [4.69, 9.17) is 27.9 Å². The number of hydrogen-bond acceptors (Lipinski definition) is 3. The molecule has 20 heavy (non-hydrogen) atoms. The number of carbonyl (C=O) groups excluding carboxylic acids is 1. The highest BCUT2D eigenvalue weighted by atomic mass is 35.5. The second-order valence-electron chi connectivity index (χ2n) is 4.48. The van der Waals surface area contributed by atoms with Gasteiger partial charge < -0.3 is 15.4 Å². The van der Waals surface area contributed by atoms with Gasteiger partial charge in [0.25, 0.3) is 0 Å². The third kappa shape index (κ3) is 5.02. The van der Waals surface area contributed by atoms with Gasteiger partial charge >= 0.3 is 0 Å². The summed E-state index contributed by atoms with van der Waals surface area (Å²) in [6, 6.07) is 5.18. The summed E-state index contributed by atoms with van der Waals surface area (Å²) < 4.78 is 5.45. The fourth-order valence-electron chi connectivity index (χ4n) is 1.69. The minimum atomic E-state index is -0.00921. The minimum Gasteiger partial charge on any atom is -0.491 e. The first-order chi connectivity index (χ1) is 9.16. The lowest BCUT2D eigenvalue weighted by Gasteiger charge is -2.27. The molecule has 0 aliphatic carbocycles. The van der Waals surface area contributed by atoms with Crippen LogP contribution in [0, 0.1) is 5.92 Å². The van der Waals surface area contributed by atoms with Crippen LogP contribution in [0.25, 0.3) is 0 Å². The van der Waals surface area contributed by atoms with E-state index in [1.54, 1.807) is 18.2 Å². The molecule has 1 aromatic rings. The van der Waals surface area contributed by atoms with Crippen LogP contribution in [0.1, 0.15) is 6.42 Å². The zero-order valence-electron chi connectivity index (χ0n) is 10.8. The number of rotatable bonds is 6.